The molecule has 24 heavy (non-hydrogen) atoms. The topological polar surface area (TPSA) is 54.9 Å². The van der Waals surface area contributed by atoms with E-state index in [0.717, 1.165) is 29.6 Å². The lowest BCUT2D eigenvalue weighted by Crippen LogP contribution is -2.43. The zero-order chi connectivity index (χ0) is 17.4. The molecule has 0 amide bonds. The summed E-state index contributed by atoms with van der Waals surface area (Å²) in [6.45, 7) is 6.54. The molecular weight excluding hydrogens is 322 g/mol. The van der Waals surface area contributed by atoms with Gasteiger partial charge in [0.25, 0.3) is 0 Å². The summed E-state index contributed by atoms with van der Waals surface area (Å²) < 4.78 is 11.3. The van der Waals surface area contributed by atoms with Crippen molar-refractivity contribution in [1.82, 2.24) is 10.6 Å². The number of benzene rings is 1. The Hall–Kier alpha value is -1.56. The van der Waals surface area contributed by atoms with Crippen molar-refractivity contribution in [2.24, 2.45) is 4.99 Å². The van der Waals surface area contributed by atoms with Crippen LogP contribution in [0.25, 0.3) is 0 Å². The summed E-state index contributed by atoms with van der Waals surface area (Å²) in [5.74, 6) is 3.62. The van der Waals surface area contributed by atoms with Crippen LogP contribution in [0.5, 0.6) is 11.5 Å². The molecule has 1 saturated heterocycles. The molecule has 0 aliphatic carbocycles. The third-order valence-electron chi connectivity index (χ3n) is 4.14. The number of nitrogens with one attached hydrogen (secondary N) is 2. The van der Waals surface area contributed by atoms with Crippen LogP contribution in [-0.2, 0) is 6.54 Å². The van der Waals surface area contributed by atoms with Gasteiger partial charge in [-0.05, 0) is 50.1 Å². The van der Waals surface area contributed by atoms with E-state index < -0.39 is 0 Å². The molecule has 1 unspecified atom stereocenters. The van der Waals surface area contributed by atoms with Crippen molar-refractivity contribution in [1.29, 1.82) is 0 Å². The molecular formula is C18H29N3O2S. The van der Waals surface area contributed by atoms with Gasteiger partial charge in [-0.2, -0.15) is 11.8 Å². The largest absolute Gasteiger partial charge is 0.493 e. The normalized spacial score (nSPS) is 20.8. The lowest BCUT2D eigenvalue weighted by atomic mass is 10.1. The monoisotopic (exact) mass is 351 g/mol. The number of nitrogens with zero attached hydrogens (tertiary/aromatic N) is 1. The third-order valence-corrected chi connectivity index (χ3v) is 5.68. The molecule has 1 aliphatic heterocycles. The molecule has 2 N–H and O–H groups in total. The van der Waals surface area contributed by atoms with Crippen molar-refractivity contribution in [2.75, 3.05) is 33.1 Å². The number of methoxy groups -OCH3 is 1. The predicted molar refractivity (Wildman–Crippen MR) is 102 cm³/mol. The van der Waals surface area contributed by atoms with Crippen LogP contribution < -0.4 is 20.1 Å². The second kappa shape index (κ2) is 9.06. The molecule has 1 aliphatic rings. The van der Waals surface area contributed by atoms with Crippen molar-refractivity contribution < 1.29 is 9.47 Å². The second-order valence-corrected chi connectivity index (χ2v) is 7.78. The maximum absolute atomic E-state index is 5.55. The number of ether oxygens (including phenoxy) is 2. The van der Waals surface area contributed by atoms with Gasteiger partial charge < -0.3 is 20.1 Å². The molecule has 0 saturated carbocycles. The molecule has 0 radical (unpaired) electrons. The van der Waals surface area contributed by atoms with Crippen LogP contribution in [0.3, 0.4) is 0 Å². The Kier molecular flexibility index (Phi) is 7.09. The van der Waals surface area contributed by atoms with E-state index in [2.05, 4.69) is 22.5 Å². The fraction of sp³-hybridized carbons (Fsp3) is 0.611. The maximum Gasteiger partial charge on any atom is 0.191 e. The van der Waals surface area contributed by atoms with Crippen molar-refractivity contribution in [3.8, 4) is 11.5 Å². The molecule has 1 fully saturated rings. The highest BCUT2D eigenvalue weighted by Gasteiger charge is 2.29. The minimum absolute atomic E-state index is 0.319. The Labute approximate surface area is 149 Å². The highest BCUT2D eigenvalue weighted by Crippen LogP contribution is 2.36. The molecule has 0 aromatic heterocycles. The van der Waals surface area contributed by atoms with Crippen LogP contribution in [0.15, 0.2) is 23.2 Å². The SMILES string of the molecule is CCOc1ccc(CNC(=NC)NCC2(C)CCCS2)cc1OC. The van der Waals surface area contributed by atoms with Gasteiger partial charge in [-0.3, -0.25) is 4.99 Å². The zero-order valence-corrected chi connectivity index (χ0v) is 16.0. The van der Waals surface area contributed by atoms with Gasteiger partial charge in [-0.15, -0.1) is 0 Å². The smallest absolute Gasteiger partial charge is 0.191 e. The number of guanidine groups is 1. The van der Waals surface area contributed by atoms with Gasteiger partial charge >= 0.3 is 0 Å². The predicted octanol–water partition coefficient (Wildman–Crippen LogP) is 3.04. The van der Waals surface area contributed by atoms with Crippen LogP contribution in [-0.4, -0.2) is 43.8 Å². The third kappa shape index (κ3) is 5.23. The zero-order valence-electron chi connectivity index (χ0n) is 15.1. The first-order valence-electron chi connectivity index (χ1n) is 8.48. The number of rotatable bonds is 7. The van der Waals surface area contributed by atoms with Gasteiger partial charge in [0.15, 0.2) is 17.5 Å². The highest BCUT2D eigenvalue weighted by molar-refractivity contribution is 8.00. The van der Waals surface area contributed by atoms with Crippen molar-refractivity contribution >= 4 is 17.7 Å². The van der Waals surface area contributed by atoms with Crippen molar-refractivity contribution in [2.45, 2.75) is 38.0 Å². The van der Waals surface area contributed by atoms with Crippen LogP contribution in [0, 0.1) is 0 Å². The molecule has 5 nitrogen and oxygen atoms in total. The van der Waals surface area contributed by atoms with Gasteiger partial charge in [-0.1, -0.05) is 6.07 Å². The van der Waals surface area contributed by atoms with E-state index in [-0.39, 0.29) is 0 Å². The average Bonchev–Trinajstić information content (AvgIpc) is 3.03. The Morgan fingerprint density at radius 2 is 2.17 bits per heavy atom. The quantitative estimate of drug-likeness (QED) is 0.584. The minimum atomic E-state index is 0.319. The van der Waals surface area contributed by atoms with Gasteiger partial charge in [0, 0.05) is 24.9 Å². The van der Waals surface area contributed by atoms with E-state index in [1.165, 1.54) is 18.6 Å². The van der Waals surface area contributed by atoms with Gasteiger partial charge in [0.1, 0.15) is 0 Å². The van der Waals surface area contributed by atoms with E-state index in [9.17, 15) is 0 Å². The molecule has 0 bridgehead atoms. The highest BCUT2D eigenvalue weighted by atomic mass is 32.2. The molecule has 1 atom stereocenters. The van der Waals surface area contributed by atoms with Crippen molar-refractivity contribution in [3.05, 3.63) is 23.8 Å². The summed E-state index contributed by atoms with van der Waals surface area (Å²) in [5.41, 5.74) is 1.12. The fourth-order valence-corrected chi connectivity index (χ4v) is 3.99. The lowest BCUT2D eigenvalue weighted by Gasteiger charge is -2.24. The minimum Gasteiger partial charge on any atom is -0.493 e. The first-order valence-corrected chi connectivity index (χ1v) is 9.47. The summed E-state index contributed by atoms with van der Waals surface area (Å²) in [5, 5.41) is 6.81. The summed E-state index contributed by atoms with van der Waals surface area (Å²) in [4.78, 5) is 4.31. The Bertz CT molecular complexity index is 557. The molecule has 6 heteroatoms. The second-order valence-electron chi connectivity index (χ2n) is 6.10. The summed E-state index contributed by atoms with van der Waals surface area (Å²) in [6.07, 6.45) is 2.57. The maximum atomic E-state index is 5.55. The molecule has 1 heterocycles. The Morgan fingerprint density at radius 3 is 2.79 bits per heavy atom. The number of hydrogen-bond acceptors (Lipinski definition) is 4. The number of hydrogen-bond donors (Lipinski definition) is 2. The number of aliphatic imine (C=N–C) groups is 1. The fourth-order valence-electron chi connectivity index (χ4n) is 2.75. The average molecular weight is 352 g/mol. The molecule has 1 aromatic carbocycles. The molecule has 1 aromatic rings. The molecule has 0 spiro atoms. The summed E-state index contributed by atoms with van der Waals surface area (Å²) in [7, 11) is 3.47. The summed E-state index contributed by atoms with van der Waals surface area (Å²) >= 11 is 2.05. The van der Waals surface area contributed by atoms with E-state index in [0.29, 0.717) is 17.9 Å². The van der Waals surface area contributed by atoms with E-state index in [1.54, 1.807) is 14.2 Å². The van der Waals surface area contributed by atoms with Gasteiger partial charge in [0.2, 0.25) is 0 Å². The van der Waals surface area contributed by atoms with Gasteiger partial charge in [-0.25, -0.2) is 0 Å². The summed E-state index contributed by atoms with van der Waals surface area (Å²) in [6, 6.07) is 5.99. The van der Waals surface area contributed by atoms with Gasteiger partial charge in [0.05, 0.1) is 13.7 Å². The Balaban J connectivity index is 1.88. The van der Waals surface area contributed by atoms with E-state index >= 15 is 0 Å². The van der Waals surface area contributed by atoms with Crippen LogP contribution >= 0.6 is 11.8 Å². The van der Waals surface area contributed by atoms with E-state index in [1.807, 2.05) is 36.9 Å². The molecule has 2 rings (SSSR count). The Morgan fingerprint density at radius 1 is 1.33 bits per heavy atom. The first-order chi connectivity index (χ1) is 11.6. The first kappa shape index (κ1) is 18.8. The van der Waals surface area contributed by atoms with Crippen LogP contribution in [0.1, 0.15) is 32.3 Å². The van der Waals surface area contributed by atoms with E-state index in [4.69, 9.17) is 9.47 Å². The molecule has 134 valence electrons. The number of thioether (sulfide) groups is 1. The lowest BCUT2D eigenvalue weighted by molar-refractivity contribution is 0.310. The standard InChI is InChI=1S/C18H29N3O2S/c1-5-23-15-8-7-14(11-16(15)22-4)12-20-17(19-3)21-13-18(2)9-6-10-24-18/h7-8,11H,5-6,9-10,12-13H2,1-4H3,(H2,19,20,21). The van der Waals surface area contributed by atoms with Crippen LogP contribution in [0.2, 0.25) is 0 Å². The van der Waals surface area contributed by atoms with Crippen molar-refractivity contribution in [3.63, 3.8) is 0 Å². The van der Waals surface area contributed by atoms with Crippen LogP contribution in [0.4, 0.5) is 0 Å².